The lowest BCUT2D eigenvalue weighted by atomic mass is 10.2. The molecule has 122 valence electrons. The first-order valence-electron chi connectivity index (χ1n) is 6.57. The number of carbonyl (C=O) groups is 2. The molecule has 0 aliphatic heterocycles. The van der Waals surface area contributed by atoms with Crippen molar-refractivity contribution in [1.82, 2.24) is 0 Å². The number of hydrogen-bond acceptors (Lipinski definition) is 5. The van der Waals surface area contributed by atoms with Crippen LogP contribution < -0.4 is 10.7 Å². The smallest absolute Gasteiger partial charge is 0.412 e. The van der Waals surface area contributed by atoms with Crippen molar-refractivity contribution in [3.63, 3.8) is 0 Å². The summed E-state index contributed by atoms with van der Waals surface area (Å²) in [6.45, 7) is 5.11. The monoisotopic (exact) mass is 383 g/mol. The van der Waals surface area contributed by atoms with Gasteiger partial charge in [-0.2, -0.15) is 0 Å². The van der Waals surface area contributed by atoms with Crippen LogP contribution in [0.2, 0.25) is 0 Å². The zero-order valence-electron chi connectivity index (χ0n) is 12.6. The van der Waals surface area contributed by atoms with Crippen LogP contribution in [0.3, 0.4) is 0 Å². The molecule has 0 saturated carbocycles. The van der Waals surface area contributed by atoms with E-state index in [4.69, 9.17) is 14.3 Å². The first kappa shape index (κ1) is 17.0. The number of anilines is 1. The van der Waals surface area contributed by atoms with Gasteiger partial charge in [0.05, 0.1) is 11.1 Å². The van der Waals surface area contributed by atoms with E-state index in [0.29, 0.717) is 4.47 Å². The summed E-state index contributed by atoms with van der Waals surface area (Å²) in [4.78, 5) is 35.0. The fraction of sp³-hybridized carbons (Fsp3) is 0.267. The summed E-state index contributed by atoms with van der Waals surface area (Å²) in [5.41, 5.74) is -1.15. The molecule has 8 heteroatoms. The molecule has 2 rings (SSSR count). The van der Waals surface area contributed by atoms with E-state index in [-0.39, 0.29) is 16.7 Å². The van der Waals surface area contributed by atoms with Crippen LogP contribution in [0.25, 0.3) is 11.0 Å². The van der Waals surface area contributed by atoms with Crippen molar-refractivity contribution in [3.05, 3.63) is 38.7 Å². The number of ether oxygens (including phenoxy) is 1. The number of halogens is 1. The number of benzene rings is 1. The molecular weight excluding hydrogens is 370 g/mol. The van der Waals surface area contributed by atoms with Gasteiger partial charge in [0.2, 0.25) is 5.76 Å². The number of amides is 1. The Labute approximate surface area is 139 Å². The molecule has 1 aromatic carbocycles. The molecule has 23 heavy (non-hydrogen) atoms. The van der Waals surface area contributed by atoms with Crippen molar-refractivity contribution >= 4 is 44.6 Å². The van der Waals surface area contributed by atoms with Crippen molar-refractivity contribution in [3.8, 4) is 0 Å². The minimum absolute atomic E-state index is 0.0380. The summed E-state index contributed by atoms with van der Waals surface area (Å²) in [5, 5.41) is 11.6. The van der Waals surface area contributed by atoms with Crippen LogP contribution in [0.4, 0.5) is 10.5 Å². The van der Waals surface area contributed by atoms with E-state index in [2.05, 4.69) is 21.2 Å². The molecule has 0 saturated heterocycles. The third-order valence-electron chi connectivity index (χ3n) is 2.64. The van der Waals surface area contributed by atoms with Gasteiger partial charge in [-0.25, -0.2) is 9.59 Å². The van der Waals surface area contributed by atoms with Crippen molar-refractivity contribution in [2.75, 3.05) is 5.32 Å². The highest BCUT2D eigenvalue weighted by atomic mass is 79.9. The van der Waals surface area contributed by atoms with Crippen LogP contribution in [-0.4, -0.2) is 22.8 Å². The van der Waals surface area contributed by atoms with Crippen molar-refractivity contribution in [2.45, 2.75) is 26.4 Å². The lowest BCUT2D eigenvalue weighted by Crippen LogP contribution is -2.27. The maximum Gasteiger partial charge on any atom is 0.412 e. The highest BCUT2D eigenvalue weighted by Crippen LogP contribution is 2.28. The quantitative estimate of drug-likeness (QED) is 0.820. The maximum absolute atomic E-state index is 12.0. The number of aromatic carboxylic acids is 1. The molecule has 1 aromatic heterocycles. The van der Waals surface area contributed by atoms with E-state index >= 15 is 0 Å². The van der Waals surface area contributed by atoms with Gasteiger partial charge in [0.25, 0.3) is 0 Å². The van der Waals surface area contributed by atoms with E-state index in [0.717, 1.165) is 6.07 Å². The minimum atomic E-state index is -1.38. The van der Waals surface area contributed by atoms with E-state index in [9.17, 15) is 14.4 Å². The van der Waals surface area contributed by atoms with Crippen molar-refractivity contribution < 1.29 is 23.8 Å². The molecule has 7 nitrogen and oxygen atoms in total. The minimum Gasteiger partial charge on any atom is -0.475 e. The Bertz CT molecular complexity index is 849. The summed E-state index contributed by atoms with van der Waals surface area (Å²) in [5.74, 6) is -1.90. The first-order chi connectivity index (χ1) is 10.6. The van der Waals surface area contributed by atoms with Crippen LogP contribution >= 0.6 is 15.9 Å². The number of carbonyl (C=O) groups excluding carboxylic acids is 1. The van der Waals surface area contributed by atoms with Gasteiger partial charge >= 0.3 is 12.1 Å². The molecule has 1 amide bonds. The van der Waals surface area contributed by atoms with Gasteiger partial charge < -0.3 is 14.3 Å². The van der Waals surface area contributed by atoms with Gasteiger partial charge in [-0.05, 0) is 32.9 Å². The Hall–Kier alpha value is -2.35. The molecule has 2 aromatic rings. The molecule has 0 unspecified atom stereocenters. The Morgan fingerprint density at radius 1 is 1.26 bits per heavy atom. The van der Waals surface area contributed by atoms with Gasteiger partial charge in [0, 0.05) is 10.5 Å². The fourth-order valence-electron chi connectivity index (χ4n) is 1.83. The van der Waals surface area contributed by atoms with Gasteiger partial charge in [-0.1, -0.05) is 15.9 Å². The summed E-state index contributed by atoms with van der Waals surface area (Å²) in [6.07, 6.45) is -0.750. The van der Waals surface area contributed by atoms with E-state index in [1.165, 1.54) is 12.1 Å². The molecule has 1 heterocycles. The normalized spacial score (nSPS) is 11.3. The van der Waals surface area contributed by atoms with Crippen molar-refractivity contribution in [2.24, 2.45) is 0 Å². The second-order valence-corrected chi connectivity index (χ2v) is 6.65. The third kappa shape index (κ3) is 4.10. The second kappa shape index (κ2) is 6.04. The largest absolute Gasteiger partial charge is 0.475 e. The highest BCUT2D eigenvalue weighted by molar-refractivity contribution is 9.10. The predicted octanol–water partition coefficient (Wildman–Crippen LogP) is 3.60. The van der Waals surface area contributed by atoms with Gasteiger partial charge in [0.1, 0.15) is 5.60 Å². The van der Waals surface area contributed by atoms with Gasteiger partial charge in [0.15, 0.2) is 11.0 Å². The maximum atomic E-state index is 12.0. The zero-order chi connectivity index (χ0) is 17.4. The zero-order valence-corrected chi connectivity index (χ0v) is 14.2. The lowest BCUT2D eigenvalue weighted by molar-refractivity contribution is 0.0634. The predicted molar refractivity (Wildman–Crippen MR) is 87.0 cm³/mol. The Balaban J connectivity index is 2.56. The van der Waals surface area contributed by atoms with E-state index < -0.39 is 28.9 Å². The standard InChI is InChI=1S/C15H14BrNO6/c1-15(2,3)23-14(21)17-9-5-7(16)4-8-10(18)6-11(13(19)20)22-12(8)9/h4-6H,1-3H3,(H,17,21)(H,19,20). The molecule has 2 N–H and O–H groups in total. The Morgan fingerprint density at radius 2 is 1.91 bits per heavy atom. The average molecular weight is 384 g/mol. The van der Waals surface area contributed by atoms with Crippen LogP contribution in [0.15, 0.2) is 31.9 Å². The molecule has 0 bridgehead atoms. The van der Waals surface area contributed by atoms with Gasteiger partial charge in [-0.15, -0.1) is 0 Å². The number of carboxylic acids is 1. The molecule has 0 radical (unpaired) electrons. The fourth-order valence-corrected chi connectivity index (χ4v) is 2.29. The molecule has 0 aliphatic rings. The lowest BCUT2D eigenvalue weighted by Gasteiger charge is -2.20. The SMILES string of the molecule is CC(C)(C)OC(=O)Nc1cc(Br)cc2c(=O)cc(C(=O)O)oc12. The summed E-state index contributed by atoms with van der Waals surface area (Å²) in [7, 11) is 0. The average Bonchev–Trinajstić information content (AvgIpc) is 2.37. The number of rotatable bonds is 2. The van der Waals surface area contributed by atoms with Gasteiger partial charge in [-0.3, -0.25) is 10.1 Å². The first-order valence-corrected chi connectivity index (χ1v) is 7.37. The molecule has 0 fully saturated rings. The highest BCUT2D eigenvalue weighted by Gasteiger charge is 2.19. The molecule has 0 spiro atoms. The Morgan fingerprint density at radius 3 is 2.48 bits per heavy atom. The Kier molecular flexibility index (Phi) is 4.46. The van der Waals surface area contributed by atoms with Crippen LogP contribution in [0, 0.1) is 0 Å². The topological polar surface area (TPSA) is 106 Å². The molecular formula is C15H14BrNO6. The molecule has 0 atom stereocenters. The summed E-state index contributed by atoms with van der Waals surface area (Å²) < 4.78 is 10.9. The van der Waals surface area contributed by atoms with Crippen LogP contribution in [0.1, 0.15) is 31.3 Å². The van der Waals surface area contributed by atoms with Crippen molar-refractivity contribution in [1.29, 1.82) is 0 Å². The summed E-state index contributed by atoms with van der Waals surface area (Å²) >= 11 is 3.23. The summed E-state index contributed by atoms with van der Waals surface area (Å²) in [6, 6.07) is 3.85. The van der Waals surface area contributed by atoms with Crippen LogP contribution in [-0.2, 0) is 4.74 Å². The van der Waals surface area contributed by atoms with E-state index in [1.807, 2.05) is 0 Å². The number of fused-ring (bicyclic) bond motifs is 1. The number of carboxylic acid groups (broad SMARTS) is 1. The number of nitrogens with one attached hydrogen (secondary N) is 1. The third-order valence-corrected chi connectivity index (χ3v) is 3.10. The second-order valence-electron chi connectivity index (χ2n) is 5.74. The van der Waals surface area contributed by atoms with Crippen LogP contribution in [0.5, 0.6) is 0 Å². The van der Waals surface area contributed by atoms with E-state index in [1.54, 1.807) is 20.8 Å². The number of hydrogen-bond donors (Lipinski definition) is 2. The molecule has 0 aliphatic carbocycles.